The third kappa shape index (κ3) is 2.52. The van der Waals surface area contributed by atoms with Gasteiger partial charge in [-0.1, -0.05) is 42.0 Å². The summed E-state index contributed by atoms with van der Waals surface area (Å²) in [7, 11) is 0. The van der Waals surface area contributed by atoms with Gasteiger partial charge < -0.3 is 5.11 Å². The number of aryl methyl sites for hydroxylation is 1. The Bertz CT molecular complexity index is 1100. The molecule has 0 aliphatic heterocycles. The zero-order valence-corrected chi connectivity index (χ0v) is 13.6. The molecule has 1 N–H and O–H groups in total. The summed E-state index contributed by atoms with van der Waals surface area (Å²) < 4.78 is 1.76. The molecule has 0 unspecified atom stereocenters. The fraction of sp³-hybridized carbons (Fsp3) is 0.0476. The van der Waals surface area contributed by atoms with E-state index in [2.05, 4.69) is 35.4 Å². The Morgan fingerprint density at radius 2 is 1.64 bits per heavy atom. The number of aromatic hydroxyl groups is 1. The van der Waals surface area contributed by atoms with Crippen molar-refractivity contribution in [3.05, 3.63) is 78.0 Å². The van der Waals surface area contributed by atoms with E-state index in [1.807, 2.05) is 25.1 Å². The van der Waals surface area contributed by atoms with Crippen LogP contribution in [0.25, 0.3) is 27.9 Å². The second-order valence-corrected chi connectivity index (χ2v) is 5.98. The van der Waals surface area contributed by atoms with Crippen LogP contribution in [0.4, 0.5) is 0 Å². The average molecular weight is 325 g/mol. The van der Waals surface area contributed by atoms with E-state index in [9.17, 15) is 5.11 Å². The quantitative estimate of drug-likeness (QED) is 0.588. The molecule has 25 heavy (non-hydrogen) atoms. The Morgan fingerprint density at radius 1 is 0.960 bits per heavy atom. The number of nitrogens with zero attached hydrogens (tertiary/aromatic N) is 3. The van der Waals surface area contributed by atoms with Gasteiger partial charge in [-0.2, -0.15) is 10.4 Å². The number of hydrogen-bond donors (Lipinski definition) is 1. The van der Waals surface area contributed by atoms with Crippen LogP contribution in [0, 0.1) is 18.3 Å². The monoisotopic (exact) mass is 325 g/mol. The van der Waals surface area contributed by atoms with Gasteiger partial charge in [0.05, 0.1) is 23.5 Å². The minimum atomic E-state index is 0.184. The minimum absolute atomic E-state index is 0.184. The molecule has 2 aromatic heterocycles. The van der Waals surface area contributed by atoms with E-state index in [1.54, 1.807) is 28.9 Å². The molecule has 0 bridgehead atoms. The Labute approximate surface area is 145 Å². The first-order chi connectivity index (χ1) is 12.2. The van der Waals surface area contributed by atoms with Crippen LogP contribution in [0.15, 0.2) is 66.9 Å². The second-order valence-electron chi connectivity index (χ2n) is 5.98. The lowest BCUT2D eigenvalue weighted by Gasteiger charge is -2.07. The maximum atomic E-state index is 10.2. The van der Waals surface area contributed by atoms with E-state index in [0.717, 1.165) is 22.4 Å². The molecule has 0 fully saturated rings. The zero-order valence-electron chi connectivity index (χ0n) is 13.6. The highest BCUT2D eigenvalue weighted by molar-refractivity contribution is 5.88. The zero-order chi connectivity index (χ0) is 17.4. The third-order valence-electron chi connectivity index (χ3n) is 4.30. The van der Waals surface area contributed by atoms with Crippen LogP contribution in [0.1, 0.15) is 11.1 Å². The Hall–Kier alpha value is -3.58. The molecule has 0 aliphatic rings. The summed E-state index contributed by atoms with van der Waals surface area (Å²) in [4.78, 5) is 0. The van der Waals surface area contributed by atoms with Gasteiger partial charge in [0.15, 0.2) is 0 Å². The molecule has 4 nitrogen and oxygen atoms in total. The van der Waals surface area contributed by atoms with Gasteiger partial charge in [0.25, 0.3) is 0 Å². The van der Waals surface area contributed by atoms with Gasteiger partial charge in [-0.3, -0.25) is 0 Å². The first kappa shape index (κ1) is 15.0. The molecule has 4 heteroatoms. The molecule has 0 atom stereocenters. The van der Waals surface area contributed by atoms with E-state index in [4.69, 9.17) is 5.26 Å². The summed E-state index contributed by atoms with van der Waals surface area (Å²) in [6.07, 6.45) is 1.59. The SMILES string of the molecule is Cc1ccc(-c2c(-c3ccc(C#N)cc3)cc3c(O)ccnn23)cc1. The summed E-state index contributed by atoms with van der Waals surface area (Å²) in [6.45, 7) is 2.05. The van der Waals surface area contributed by atoms with E-state index < -0.39 is 0 Å². The predicted molar refractivity (Wildman–Crippen MR) is 97.2 cm³/mol. The first-order valence-electron chi connectivity index (χ1n) is 7.94. The largest absolute Gasteiger partial charge is 0.506 e. The van der Waals surface area contributed by atoms with Crippen molar-refractivity contribution >= 4 is 5.52 Å². The lowest BCUT2D eigenvalue weighted by Crippen LogP contribution is -1.94. The lowest BCUT2D eigenvalue weighted by atomic mass is 10.00. The second kappa shape index (κ2) is 5.81. The summed E-state index contributed by atoms with van der Waals surface area (Å²) in [5.74, 6) is 0.184. The van der Waals surface area contributed by atoms with Crippen LogP contribution >= 0.6 is 0 Å². The Balaban J connectivity index is 2.02. The maximum Gasteiger partial charge on any atom is 0.142 e. The fourth-order valence-corrected chi connectivity index (χ4v) is 2.99. The summed E-state index contributed by atoms with van der Waals surface area (Å²) >= 11 is 0. The van der Waals surface area contributed by atoms with Gasteiger partial charge in [-0.15, -0.1) is 0 Å². The van der Waals surface area contributed by atoms with Crippen molar-refractivity contribution in [1.82, 2.24) is 9.61 Å². The Kier molecular flexibility index (Phi) is 3.48. The topological polar surface area (TPSA) is 61.3 Å². The third-order valence-corrected chi connectivity index (χ3v) is 4.30. The van der Waals surface area contributed by atoms with Gasteiger partial charge in [0.1, 0.15) is 11.3 Å². The summed E-state index contributed by atoms with van der Waals surface area (Å²) in [5.41, 5.74) is 6.31. The number of benzene rings is 2. The number of rotatable bonds is 2. The molecule has 0 aliphatic carbocycles. The van der Waals surface area contributed by atoms with E-state index in [1.165, 1.54) is 5.56 Å². The highest BCUT2D eigenvalue weighted by Crippen LogP contribution is 2.37. The molecule has 120 valence electrons. The highest BCUT2D eigenvalue weighted by Gasteiger charge is 2.16. The molecule has 0 saturated carbocycles. The summed E-state index contributed by atoms with van der Waals surface area (Å²) in [5, 5.41) is 23.7. The lowest BCUT2D eigenvalue weighted by molar-refractivity contribution is 0.477. The molecule has 0 spiro atoms. The smallest absolute Gasteiger partial charge is 0.142 e. The van der Waals surface area contributed by atoms with Gasteiger partial charge in [0, 0.05) is 17.2 Å². The molecule has 4 rings (SSSR count). The average Bonchev–Trinajstić information content (AvgIpc) is 3.03. The summed E-state index contributed by atoms with van der Waals surface area (Å²) in [6, 6.07) is 21.3. The standard InChI is InChI=1S/C21H15N3O/c1-14-2-6-17(7-3-14)21-18(16-8-4-15(13-22)5-9-16)12-19-20(25)10-11-23-24(19)21/h2-12,25H,1H3. The fourth-order valence-electron chi connectivity index (χ4n) is 2.99. The van der Waals surface area contributed by atoms with Crippen molar-refractivity contribution in [2.45, 2.75) is 6.92 Å². The van der Waals surface area contributed by atoms with Crippen LogP contribution in [0.2, 0.25) is 0 Å². The molecule has 2 aromatic carbocycles. The van der Waals surface area contributed by atoms with Crippen molar-refractivity contribution < 1.29 is 5.11 Å². The number of nitriles is 1. The van der Waals surface area contributed by atoms with E-state index in [-0.39, 0.29) is 5.75 Å². The van der Waals surface area contributed by atoms with Crippen molar-refractivity contribution in [2.24, 2.45) is 0 Å². The van der Waals surface area contributed by atoms with Crippen LogP contribution < -0.4 is 0 Å². The van der Waals surface area contributed by atoms with E-state index in [0.29, 0.717) is 11.1 Å². The van der Waals surface area contributed by atoms with Crippen molar-refractivity contribution in [3.8, 4) is 34.2 Å². The van der Waals surface area contributed by atoms with Gasteiger partial charge in [0.2, 0.25) is 0 Å². The molecule has 2 heterocycles. The maximum absolute atomic E-state index is 10.2. The number of aromatic nitrogens is 2. The normalized spacial score (nSPS) is 10.7. The molecular weight excluding hydrogens is 310 g/mol. The molecule has 0 saturated heterocycles. The molecule has 4 aromatic rings. The van der Waals surface area contributed by atoms with Crippen molar-refractivity contribution in [2.75, 3.05) is 0 Å². The minimum Gasteiger partial charge on any atom is -0.506 e. The van der Waals surface area contributed by atoms with Crippen molar-refractivity contribution in [1.29, 1.82) is 5.26 Å². The van der Waals surface area contributed by atoms with E-state index >= 15 is 0 Å². The van der Waals surface area contributed by atoms with Gasteiger partial charge >= 0.3 is 0 Å². The number of fused-ring (bicyclic) bond motifs is 1. The highest BCUT2D eigenvalue weighted by atomic mass is 16.3. The van der Waals surface area contributed by atoms with Crippen molar-refractivity contribution in [3.63, 3.8) is 0 Å². The molecule has 0 amide bonds. The number of hydrogen-bond acceptors (Lipinski definition) is 3. The van der Waals surface area contributed by atoms with Crippen LogP contribution in [-0.4, -0.2) is 14.7 Å². The predicted octanol–water partition coefficient (Wildman–Crippen LogP) is 4.55. The van der Waals surface area contributed by atoms with Crippen LogP contribution in [-0.2, 0) is 0 Å². The van der Waals surface area contributed by atoms with Gasteiger partial charge in [-0.25, -0.2) is 4.52 Å². The first-order valence-corrected chi connectivity index (χ1v) is 7.94. The Morgan fingerprint density at radius 3 is 2.32 bits per heavy atom. The van der Waals surface area contributed by atoms with Crippen LogP contribution in [0.5, 0.6) is 5.75 Å². The van der Waals surface area contributed by atoms with Crippen LogP contribution in [0.3, 0.4) is 0 Å². The molecular formula is C21H15N3O. The van der Waals surface area contributed by atoms with Gasteiger partial charge in [-0.05, 0) is 30.7 Å². The molecule has 0 radical (unpaired) electrons.